The molecule has 2 aromatic rings. The standard InChI is InChI=1S/C19H25N3O/c1-15-5-4-6-17(13-15)14-22-19(20-2)21-12-11-16-7-9-18(23-3)10-8-16/h4-10,13H,11-12,14H2,1-3H3,(H2,20,21,22). The molecule has 0 amide bonds. The third kappa shape index (κ3) is 5.66. The Kier molecular flexibility index (Phi) is 6.48. The summed E-state index contributed by atoms with van der Waals surface area (Å²) < 4.78 is 5.17. The van der Waals surface area contributed by atoms with Crippen LogP contribution in [0.15, 0.2) is 53.5 Å². The van der Waals surface area contributed by atoms with Crippen LogP contribution >= 0.6 is 0 Å². The Bertz CT molecular complexity index is 635. The van der Waals surface area contributed by atoms with E-state index in [9.17, 15) is 0 Å². The molecule has 0 radical (unpaired) electrons. The number of nitrogens with zero attached hydrogens (tertiary/aromatic N) is 1. The fourth-order valence-electron chi connectivity index (χ4n) is 2.35. The molecule has 23 heavy (non-hydrogen) atoms. The van der Waals surface area contributed by atoms with E-state index in [4.69, 9.17) is 4.74 Å². The summed E-state index contributed by atoms with van der Waals surface area (Å²) in [5, 5.41) is 6.68. The largest absolute Gasteiger partial charge is 0.497 e. The zero-order valence-corrected chi connectivity index (χ0v) is 14.1. The van der Waals surface area contributed by atoms with Gasteiger partial charge in [-0.05, 0) is 36.6 Å². The molecule has 0 saturated heterocycles. The number of aliphatic imine (C=N–C) groups is 1. The first-order valence-corrected chi connectivity index (χ1v) is 7.84. The third-order valence-electron chi connectivity index (χ3n) is 3.63. The minimum absolute atomic E-state index is 0.768. The van der Waals surface area contributed by atoms with Crippen molar-refractivity contribution in [2.24, 2.45) is 4.99 Å². The number of aryl methyl sites for hydroxylation is 1. The molecule has 4 heteroatoms. The van der Waals surface area contributed by atoms with Gasteiger partial charge in [-0.2, -0.15) is 0 Å². The van der Waals surface area contributed by atoms with E-state index >= 15 is 0 Å². The molecule has 0 bridgehead atoms. The first-order valence-electron chi connectivity index (χ1n) is 7.84. The van der Waals surface area contributed by atoms with Crippen LogP contribution in [0.1, 0.15) is 16.7 Å². The van der Waals surface area contributed by atoms with Gasteiger partial charge in [-0.15, -0.1) is 0 Å². The molecule has 0 aliphatic heterocycles. The number of hydrogen-bond acceptors (Lipinski definition) is 2. The summed E-state index contributed by atoms with van der Waals surface area (Å²) in [6, 6.07) is 16.6. The molecule has 2 rings (SSSR count). The van der Waals surface area contributed by atoms with Crippen LogP contribution < -0.4 is 15.4 Å². The van der Waals surface area contributed by atoms with E-state index in [1.165, 1.54) is 16.7 Å². The van der Waals surface area contributed by atoms with Gasteiger partial charge >= 0.3 is 0 Å². The van der Waals surface area contributed by atoms with Gasteiger partial charge in [0.2, 0.25) is 0 Å². The van der Waals surface area contributed by atoms with Crippen molar-refractivity contribution in [1.29, 1.82) is 0 Å². The molecule has 4 nitrogen and oxygen atoms in total. The number of hydrogen-bond donors (Lipinski definition) is 2. The predicted molar refractivity (Wildman–Crippen MR) is 96.1 cm³/mol. The zero-order valence-electron chi connectivity index (χ0n) is 14.1. The number of rotatable bonds is 6. The fraction of sp³-hybridized carbons (Fsp3) is 0.316. The van der Waals surface area contributed by atoms with Crippen molar-refractivity contribution in [3.63, 3.8) is 0 Å². The van der Waals surface area contributed by atoms with Gasteiger partial charge in [0.25, 0.3) is 0 Å². The Morgan fingerprint density at radius 1 is 1.04 bits per heavy atom. The van der Waals surface area contributed by atoms with E-state index in [-0.39, 0.29) is 0 Å². The van der Waals surface area contributed by atoms with E-state index in [0.29, 0.717) is 0 Å². The second-order valence-corrected chi connectivity index (χ2v) is 5.44. The Morgan fingerprint density at radius 3 is 2.48 bits per heavy atom. The van der Waals surface area contributed by atoms with Crippen molar-refractivity contribution in [3.8, 4) is 5.75 Å². The number of guanidine groups is 1. The molecule has 0 unspecified atom stereocenters. The van der Waals surface area contributed by atoms with Crippen LogP contribution in [0.2, 0.25) is 0 Å². The van der Waals surface area contributed by atoms with Crippen molar-refractivity contribution in [2.75, 3.05) is 20.7 Å². The van der Waals surface area contributed by atoms with Crippen LogP contribution in [-0.4, -0.2) is 26.7 Å². The molecule has 0 aliphatic rings. The minimum Gasteiger partial charge on any atom is -0.497 e. The number of benzene rings is 2. The summed E-state index contributed by atoms with van der Waals surface area (Å²) in [5.74, 6) is 1.71. The van der Waals surface area contributed by atoms with Crippen LogP contribution in [0.25, 0.3) is 0 Å². The van der Waals surface area contributed by atoms with Crippen molar-refractivity contribution >= 4 is 5.96 Å². The molecule has 2 aromatic carbocycles. The molecule has 0 fully saturated rings. The molecular weight excluding hydrogens is 286 g/mol. The molecule has 0 heterocycles. The average molecular weight is 311 g/mol. The van der Waals surface area contributed by atoms with Gasteiger partial charge < -0.3 is 15.4 Å². The second-order valence-electron chi connectivity index (χ2n) is 5.44. The number of nitrogens with one attached hydrogen (secondary N) is 2. The van der Waals surface area contributed by atoms with Gasteiger partial charge in [-0.25, -0.2) is 0 Å². The van der Waals surface area contributed by atoms with Crippen molar-refractivity contribution in [2.45, 2.75) is 19.9 Å². The lowest BCUT2D eigenvalue weighted by atomic mass is 10.1. The SMILES string of the molecule is CN=C(NCCc1ccc(OC)cc1)NCc1cccc(C)c1. The summed E-state index contributed by atoms with van der Waals surface area (Å²) >= 11 is 0. The van der Waals surface area contributed by atoms with Gasteiger partial charge in [-0.3, -0.25) is 4.99 Å². The minimum atomic E-state index is 0.768. The normalized spacial score (nSPS) is 11.2. The van der Waals surface area contributed by atoms with Crippen molar-refractivity contribution < 1.29 is 4.74 Å². The van der Waals surface area contributed by atoms with Gasteiger partial charge in [-0.1, -0.05) is 42.0 Å². The molecule has 0 atom stereocenters. The van der Waals surface area contributed by atoms with E-state index in [1.807, 2.05) is 12.1 Å². The van der Waals surface area contributed by atoms with Gasteiger partial charge in [0, 0.05) is 20.1 Å². The third-order valence-corrected chi connectivity index (χ3v) is 3.63. The zero-order chi connectivity index (χ0) is 16.5. The smallest absolute Gasteiger partial charge is 0.191 e. The molecule has 0 spiro atoms. The van der Waals surface area contributed by atoms with Gasteiger partial charge in [0.1, 0.15) is 5.75 Å². The van der Waals surface area contributed by atoms with E-state index < -0.39 is 0 Å². The highest BCUT2D eigenvalue weighted by atomic mass is 16.5. The average Bonchev–Trinajstić information content (AvgIpc) is 2.58. The summed E-state index contributed by atoms with van der Waals surface area (Å²) in [7, 11) is 3.47. The monoisotopic (exact) mass is 311 g/mol. The highest BCUT2D eigenvalue weighted by Gasteiger charge is 1.99. The molecule has 0 aliphatic carbocycles. The first-order chi connectivity index (χ1) is 11.2. The lowest BCUT2D eigenvalue weighted by Gasteiger charge is -2.12. The summed E-state index contributed by atoms with van der Waals surface area (Å²) in [4.78, 5) is 4.26. The second kappa shape index (κ2) is 8.83. The molecule has 0 saturated carbocycles. The van der Waals surface area contributed by atoms with Crippen molar-refractivity contribution in [3.05, 3.63) is 65.2 Å². The first kappa shape index (κ1) is 16.9. The van der Waals surface area contributed by atoms with Crippen LogP contribution in [0.5, 0.6) is 5.75 Å². The number of methoxy groups -OCH3 is 1. The summed E-state index contributed by atoms with van der Waals surface area (Å²) in [6.45, 7) is 3.70. The molecule has 2 N–H and O–H groups in total. The quantitative estimate of drug-likeness (QED) is 0.637. The maximum Gasteiger partial charge on any atom is 0.191 e. The Hall–Kier alpha value is -2.49. The number of ether oxygens (including phenoxy) is 1. The maximum atomic E-state index is 5.17. The van der Waals surface area contributed by atoms with Gasteiger partial charge in [0.15, 0.2) is 5.96 Å². The molecular formula is C19H25N3O. The van der Waals surface area contributed by atoms with Gasteiger partial charge in [0.05, 0.1) is 7.11 Å². The van der Waals surface area contributed by atoms with Crippen LogP contribution in [-0.2, 0) is 13.0 Å². The van der Waals surface area contributed by atoms with E-state index in [1.54, 1.807) is 14.2 Å². The Labute approximate surface area is 138 Å². The highest BCUT2D eigenvalue weighted by molar-refractivity contribution is 5.79. The molecule has 122 valence electrons. The van der Waals surface area contributed by atoms with E-state index in [2.05, 4.69) is 58.9 Å². The summed E-state index contributed by atoms with van der Waals surface area (Å²) in [6.07, 6.45) is 0.940. The topological polar surface area (TPSA) is 45.7 Å². The highest BCUT2D eigenvalue weighted by Crippen LogP contribution is 2.11. The Balaban J connectivity index is 1.76. The fourth-order valence-corrected chi connectivity index (χ4v) is 2.35. The van der Waals surface area contributed by atoms with Crippen LogP contribution in [0.4, 0.5) is 0 Å². The molecule has 0 aromatic heterocycles. The van der Waals surface area contributed by atoms with Crippen LogP contribution in [0.3, 0.4) is 0 Å². The lowest BCUT2D eigenvalue weighted by molar-refractivity contribution is 0.414. The lowest BCUT2D eigenvalue weighted by Crippen LogP contribution is -2.37. The van der Waals surface area contributed by atoms with Crippen molar-refractivity contribution in [1.82, 2.24) is 10.6 Å². The predicted octanol–water partition coefficient (Wildman–Crippen LogP) is 2.91. The van der Waals surface area contributed by atoms with Crippen LogP contribution in [0, 0.1) is 6.92 Å². The van der Waals surface area contributed by atoms with E-state index in [0.717, 1.165) is 31.2 Å². The summed E-state index contributed by atoms with van der Waals surface area (Å²) in [5.41, 5.74) is 3.79. The Morgan fingerprint density at radius 2 is 1.83 bits per heavy atom. The maximum absolute atomic E-state index is 5.17.